The molecule has 2 aromatic rings. The molecule has 0 spiro atoms. The van der Waals surface area contributed by atoms with Crippen LogP contribution in [0, 0.1) is 0 Å². The lowest BCUT2D eigenvalue weighted by Gasteiger charge is -2.19. The number of halogens is 1. The van der Waals surface area contributed by atoms with E-state index in [2.05, 4.69) is 6.58 Å². The fourth-order valence-corrected chi connectivity index (χ4v) is 2.82. The van der Waals surface area contributed by atoms with Gasteiger partial charge >= 0.3 is 5.97 Å². The third kappa shape index (κ3) is 7.57. The van der Waals surface area contributed by atoms with E-state index in [0.29, 0.717) is 17.1 Å². The minimum absolute atomic E-state index is 0.138. The molecule has 3 N–H and O–H groups in total. The van der Waals surface area contributed by atoms with Crippen LogP contribution in [0.1, 0.15) is 28.4 Å². The van der Waals surface area contributed by atoms with Gasteiger partial charge in [0, 0.05) is 17.1 Å². The smallest absolute Gasteiger partial charge is 0.336 e. The summed E-state index contributed by atoms with van der Waals surface area (Å²) in [6.07, 6.45) is 0.311. The van der Waals surface area contributed by atoms with E-state index >= 15 is 0 Å². The maximum absolute atomic E-state index is 12.0. The molecule has 0 amide bonds. The summed E-state index contributed by atoms with van der Waals surface area (Å²) in [5, 5.41) is 12.0. The number of nitrogens with zero attached hydrogens (tertiary/aromatic N) is 1. The Labute approximate surface area is 181 Å². The molecule has 2 aromatic carbocycles. The van der Waals surface area contributed by atoms with Gasteiger partial charge in [-0.2, -0.15) is 0 Å². The summed E-state index contributed by atoms with van der Waals surface area (Å²) in [5.74, 6) is 4.67. The molecule has 0 saturated carbocycles. The summed E-state index contributed by atoms with van der Waals surface area (Å²) >= 11 is 5.86. The highest BCUT2D eigenvalue weighted by molar-refractivity contribution is 6.29. The van der Waals surface area contributed by atoms with E-state index in [1.807, 2.05) is 24.3 Å². The third-order valence-corrected chi connectivity index (χ3v) is 4.31. The van der Waals surface area contributed by atoms with E-state index in [-0.39, 0.29) is 12.3 Å². The van der Waals surface area contributed by atoms with Crippen molar-refractivity contribution in [2.75, 3.05) is 13.2 Å². The molecule has 0 heterocycles. The van der Waals surface area contributed by atoms with Crippen molar-refractivity contribution in [3.63, 3.8) is 0 Å². The molecule has 0 aliphatic heterocycles. The minimum atomic E-state index is -1.46. The summed E-state index contributed by atoms with van der Waals surface area (Å²) < 4.78 is 4.90. The summed E-state index contributed by atoms with van der Waals surface area (Å²) in [5.41, 5.74) is 3.04. The molecule has 0 radical (unpaired) electrons. The maximum Gasteiger partial charge on any atom is 0.336 e. The van der Waals surface area contributed by atoms with E-state index in [1.165, 1.54) is 5.01 Å². The molecule has 7 heteroatoms. The topological polar surface area (TPSA) is 92.9 Å². The Bertz CT molecular complexity index is 907. The minimum Gasteiger partial charge on any atom is -0.455 e. The van der Waals surface area contributed by atoms with Gasteiger partial charge in [-0.25, -0.2) is 9.80 Å². The van der Waals surface area contributed by atoms with Crippen LogP contribution in [-0.4, -0.2) is 41.1 Å². The molecule has 6 nitrogen and oxygen atoms in total. The number of hydrazine groups is 1. The van der Waals surface area contributed by atoms with Crippen molar-refractivity contribution in [1.29, 1.82) is 0 Å². The molecule has 30 heavy (non-hydrogen) atoms. The number of Topliss-reactive ketones (excluding diaryl/α,β-unsaturated/α-hetero) is 1. The molecule has 0 fully saturated rings. The number of carbonyl (C=O) groups is 2. The number of hydrogen-bond acceptors (Lipinski definition) is 6. The van der Waals surface area contributed by atoms with Gasteiger partial charge in [0.15, 0.2) is 18.5 Å². The summed E-state index contributed by atoms with van der Waals surface area (Å²) in [6, 6.07) is 16.0. The van der Waals surface area contributed by atoms with Gasteiger partial charge in [-0.05, 0) is 29.7 Å². The SMILES string of the molecule is C=C(/C=C(\C)Cl)c1ccc(CN(N)C[C@@H](O)C(=O)OCC(=O)c2ccccc2)cc1. The van der Waals surface area contributed by atoms with E-state index in [4.69, 9.17) is 22.2 Å². The number of rotatable bonds is 10. The number of aliphatic hydroxyl groups is 1. The predicted octanol–water partition coefficient (Wildman–Crippen LogP) is 3.31. The molecule has 2 rings (SSSR count). The second-order valence-corrected chi connectivity index (χ2v) is 7.39. The fourth-order valence-electron chi connectivity index (χ4n) is 2.68. The number of ketones is 1. The second kappa shape index (κ2) is 11.4. The van der Waals surface area contributed by atoms with Crippen LogP contribution in [0.3, 0.4) is 0 Å². The Balaban J connectivity index is 1.81. The van der Waals surface area contributed by atoms with Crippen molar-refractivity contribution in [2.24, 2.45) is 5.84 Å². The molecule has 0 saturated heterocycles. The van der Waals surface area contributed by atoms with E-state index in [1.54, 1.807) is 43.3 Å². The van der Waals surface area contributed by atoms with Crippen LogP contribution in [0.15, 0.2) is 72.3 Å². The first-order valence-electron chi connectivity index (χ1n) is 9.31. The van der Waals surface area contributed by atoms with Gasteiger partial charge < -0.3 is 9.84 Å². The zero-order chi connectivity index (χ0) is 22.1. The van der Waals surface area contributed by atoms with Gasteiger partial charge in [0.25, 0.3) is 0 Å². The Morgan fingerprint density at radius 2 is 1.80 bits per heavy atom. The van der Waals surface area contributed by atoms with Crippen LogP contribution in [-0.2, 0) is 16.1 Å². The number of hydrogen-bond donors (Lipinski definition) is 2. The van der Waals surface area contributed by atoms with Gasteiger partial charge in [0.05, 0.1) is 6.54 Å². The largest absolute Gasteiger partial charge is 0.455 e. The van der Waals surface area contributed by atoms with Crippen molar-refractivity contribution in [3.8, 4) is 0 Å². The zero-order valence-electron chi connectivity index (χ0n) is 16.8. The molecule has 158 valence electrons. The zero-order valence-corrected chi connectivity index (χ0v) is 17.5. The second-order valence-electron chi connectivity index (χ2n) is 6.80. The molecule has 0 unspecified atom stereocenters. The molecule has 0 aliphatic rings. The number of aliphatic hydroxyl groups excluding tert-OH is 1. The number of allylic oxidation sites excluding steroid dienone is 3. The molecule has 1 atom stereocenters. The van der Waals surface area contributed by atoms with Crippen LogP contribution in [0.2, 0.25) is 0 Å². The van der Waals surface area contributed by atoms with E-state index in [0.717, 1.165) is 16.7 Å². The van der Waals surface area contributed by atoms with Gasteiger partial charge in [-0.1, -0.05) is 72.8 Å². The Morgan fingerprint density at radius 1 is 1.17 bits per heavy atom. The van der Waals surface area contributed by atoms with E-state index in [9.17, 15) is 14.7 Å². The summed E-state index contributed by atoms with van der Waals surface area (Å²) in [7, 11) is 0. The summed E-state index contributed by atoms with van der Waals surface area (Å²) in [4.78, 5) is 23.9. The lowest BCUT2D eigenvalue weighted by atomic mass is 10.0. The fraction of sp³-hybridized carbons (Fsp3) is 0.217. The average molecular weight is 429 g/mol. The lowest BCUT2D eigenvalue weighted by molar-refractivity contribution is -0.153. The molecule has 0 bridgehead atoms. The molecular formula is C23H25ClN2O4. The van der Waals surface area contributed by atoms with Gasteiger partial charge in [-0.3, -0.25) is 10.6 Å². The number of ether oxygens (including phenoxy) is 1. The molecule has 0 aliphatic carbocycles. The van der Waals surface area contributed by atoms with Crippen molar-refractivity contribution < 1.29 is 19.4 Å². The predicted molar refractivity (Wildman–Crippen MR) is 117 cm³/mol. The van der Waals surface area contributed by atoms with Crippen LogP contribution in [0.5, 0.6) is 0 Å². The average Bonchev–Trinajstić information content (AvgIpc) is 2.72. The molecule has 0 aromatic heterocycles. The first-order chi connectivity index (χ1) is 14.3. The highest BCUT2D eigenvalue weighted by Crippen LogP contribution is 2.18. The Kier molecular flexibility index (Phi) is 8.95. The normalized spacial score (nSPS) is 12.5. The van der Waals surface area contributed by atoms with Gasteiger partial charge in [0.1, 0.15) is 0 Å². The highest BCUT2D eigenvalue weighted by Gasteiger charge is 2.20. The standard InChI is InChI=1S/C23H25ClN2O4/c1-16(12-17(2)24)19-10-8-18(9-11-19)13-26(25)14-21(27)23(29)30-15-22(28)20-6-4-3-5-7-20/h3-12,21,27H,1,13-15,25H2,2H3/b17-12+/t21-/m1/s1. The monoisotopic (exact) mass is 428 g/mol. The number of esters is 1. The van der Waals surface area contributed by atoms with Crippen molar-refractivity contribution in [1.82, 2.24) is 5.01 Å². The van der Waals surface area contributed by atoms with Crippen LogP contribution in [0.4, 0.5) is 0 Å². The third-order valence-electron chi connectivity index (χ3n) is 4.20. The number of carbonyl (C=O) groups excluding carboxylic acids is 2. The van der Waals surface area contributed by atoms with Gasteiger partial charge in [-0.15, -0.1) is 0 Å². The Morgan fingerprint density at radius 3 is 2.40 bits per heavy atom. The van der Waals surface area contributed by atoms with Gasteiger partial charge in [0.2, 0.25) is 0 Å². The van der Waals surface area contributed by atoms with E-state index < -0.39 is 18.7 Å². The quantitative estimate of drug-likeness (QED) is 0.198. The van der Waals surface area contributed by atoms with Crippen LogP contribution in [0.25, 0.3) is 5.57 Å². The lowest BCUT2D eigenvalue weighted by Crippen LogP contribution is -2.41. The van der Waals surface area contributed by atoms with Crippen molar-refractivity contribution in [3.05, 3.63) is 89.0 Å². The van der Waals surface area contributed by atoms with Crippen LogP contribution >= 0.6 is 11.6 Å². The Hall–Kier alpha value is -2.77. The first kappa shape index (κ1) is 23.5. The maximum atomic E-state index is 12.0. The number of benzene rings is 2. The molecular weight excluding hydrogens is 404 g/mol. The van der Waals surface area contributed by atoms with Crippen molar-refractivity contribution >= 4 is 28.9 Å². The highest BCUT2D eigenvalue weighted by atomic mass is 35.5. The summed E-state index contributed by atoms with van der Waals surface area (Å²) in [6.45, 7) is 5.47. The van der Waals surface area contributed by atoms with Crippen molar-refractivity contribution in [2.45, 2.75) is 19.6 Å². The first-order valence-corrected chi connectivity index (χ1v) is 9.68. The number of nitrogens with two attached hydrogens (primary N) is 1. The van der Waals surface area contributed by atoms with Crippen LogP contribution < -0.4 is 5.84 Å².